The molecule has 0 N–H and O–H groups in total. The molecule has 3 heteroatoms. The van der Waals surface area contributed by atoms with Gasteiger partial charge in [-0.1, -0.05) is 67.2 Å². The molecule has 2 aliphatic rings. The Morgan fingerprint density at radius 2 is 1.33 bits per heavy atom. The third-order valence-electron chi connectivity index (χ3n) is 8.02. The Balaban J connectivity index is 2.28. The quantitative estimate of drug-likeness (QED) is 0.408. The minimum absolute atomic E-state index is 0.0427. The fraction of sp³-hybridized carbons (Fsp3) is 1.00. The molecule has 0 radical (unpaired) electrons. The summed E-state index contributed by atoms with van der Waals surface area (Å²) >= 11 is 0. The third-order valence-corrected chi connectivity index (χ3v) is 11.9. The van der Waals surface area contributed by atoms with Crippen LogP contribution in [-0.4, -0.2) is 17.9 Å². The van der Waals surface area contributed by atoms with Gasteiger partial charge in [0.1, 0.15) is 0 Å². The molecule has 1 unspecified atom stereocenters. The smallest absolute Gasteiger partial charge is 0.162 e. The number of unbranched alkanes of at least 4 members (excludes halogenated alkanes) is 3. The van der Waals surface area contributed by atoms with Crippen LogP contribution in [-0.2, 0) is 9.84 Å². The van der Waals surface area contributed by atoms with Crippen LogP contribution in [0.1, 0.15) is 112 Å². The van der Waals surface area contributed by atoms with Gasteiger partial charge in [-0.15, -0.1) is 0 Å². The van der Waals surface area contributed by atoms with Gasteiger partial charge in [0.05, 0.1) is 9.49 Å². The summed E-state index contributed by atoms with van der Waals surface area (Å²) in [5.41, 5.74) is -0.142. The highest BCUT2D eigenvalue weighted by Crippen LogP contribution is 2.69. The molecule has 0 bridgehead atoms. The van der Waals surface area contributed by atoms with Gasteiger partial charge in [0.2, 0.25) is 0 Å². The van der Waals surface area contributed by atoms with Crippen molar-refractivity contribution in [1.82, 2.24) is 0 Å². The summed E-state index contributed by atoms with van der Waals surface area (Å²) < 4.78 is 26.9. The van der Waals surface area contributed by atoms with Crippen LogP contribution < -0.4 is 0 Å². The van der Waals surface area contributed by atoms with Crippen LogP contribution in [0.25, 0.3) is 0 Å². The van der Waals surface area contributed by atoms with E-state index in [-0.39, 0.29) is 10.8 Å². The fourth-order valence-corrected chi connectivity index (χ4v) is 8.89. The first-order valence-electron chi connectivity index (χ1n) is 10.3. The minimum Gasteiger partial charge on any atom is -0.228 e. The first kappa shape index (κ1) is 20.3. The summed E-state index contributed by atoms with van der Waals surface area (Å²) in [7, 11) is -3.10. The molecule has 0 aromatic carbocycles. The molecule has 2 fully saturated rings. The molecule has 2 rings (SSSR count). The van der Waals surface area contributed by atoms with E-state index >= 15 is 0 Å². The Morgan fingerprint density at radius 3 is 1.71 bits per heavy atom. The Kier molecular flexibility index (Phi) is 5.57. The highest BCUT2D eigenvalue weighted by molar-refractivity contribution is 7.94. The highest BCUT2D eigenvalue weighted by Gasteiger charge is 2.75. The second-order valence-electron chi connectivity index (χ2n) is 9.45. The predicted octanol–water partition coefficient (Wildman–Crippen LogP) is 6.29. The number of hydrogen-bond acceptors (Lipinski definition) is 2. The molecule has 142 valence electrons. The van der Waals surface area contributed by atoms with Gasteiger partial charge in [0.15, 0.2) is 9.84 Å². The van der Waals surface area contributed by atoms with Gasteiger partial charge in [-0.05, 0) is 55.8 Å². The molecule has 0 aliphatic heterocycles. The molecule has 0 heterocycles. The SMILES string of the molecule is CCCCCCC(C)(CC)C1(S(=O)(=O)C2(C(C)(C)CC)CC2)CC1. The predicted molar refractivity (Wildman–Crippen MR) is 104 cm³/mol. The number of hydrogen-bond donors (Lipinski definition) is 0. The van der Waals surface area contributed by atoms with Crippen LogP contribution in [0, 0.1) is 10.8 Å². The Labute approximate surface area is 151 Å². The average Bonchev–Trinajstić information content (AvgIpc) is 3.41. The zero-order chi connectivity index (χ0) is 18.3. The van der Waals surface area contributed by atoms with Crippen molar-refractivity contribution in [2.45, 2.75) is 122 Å². The van der Waals surface area contributed by atoms with Gasteiger partial charge in [-0.2, -0.15) is 0 Å². The molecule has 0 aromatic heterocycles. The van der Waals surface area contributed by atoms with E-state index in [1.807, 2.05) is 0 Å². The Bertz CT molecular complexity index is 538. The van der Waals surface area contributed by atoms with Crippen LogP contribution in [0.4, 0.5) is 0 Å². The first-order chi connectivity index (χ1) is 11.1. The maximum Gasteiger partial charge on any atom is 0.162 e. The molecule has 0 saturated heterocycles. The molecule has 0 spiro atoms. The maximum absolute atomic E-state index is 13.9. The zero-order valence-corrected chi connectivity index (χ0v) is 17.8. The van der Waals surface area contributed by atoms with Crippen molar-refractivity contribution in [1.29, 1.82) is 0 Å². The molecule has 0 amide bonds. The van der Waals surface area contributed by atoms with E-state index in [9.17, 15) is 8.42 Å². The fourth-order valence-electron chi connectivity index (χ4n) is 5.10. The molecule has 24 heavy (non-hydrogen) atoms. The lowest BCUT2D eigenvalue weighted by Crippen LogP contribution is -2.51. The summed E-state index contributed by atoms with van der Waals surface area (Å²) in [6, 6.07) is 0. The van der Waals surface area contributed by atoms with Crippen molar-refractivity contribution in [3.63, 3.8) is 0 Å². The van der Waals surface area contributed by atoms with Crippen LogP contribution in [0.3, 0.4) is 0 Å². The van der Waals surface area contributed by atoms with Crippen molar-refractivity contribution in [3.8, 4) is 0 Å². The van der Waals surface area contributed by atoms with Crippen molar-refractivity contribution in [3.05, 3.63) is 0 Å². The monoisotopic (exact) mass is 356 g/mol. The number of sulfone groups is 1. The van der Waals surface area contributed by atoms with E-state index in [1.54, 1.807) is 0 Å². The van der Waals surface area contributed by atoms with Gasteiger partial charge >= 0.3 is 0 Å². The van der Waals surface area contributed by atoms with Gasteiger partial charge < -0.3 is 0 Å². The molecule has 1 atom stereocenters. The zero-order valence-electron chi connectivity index (χ0n) is 17.0. The van der Waals surface area contributed by atoms with Gasteiger partial charge in [0.25, 0.3) is 0 Å². The van der Waals surface area contributed by atoms with Crippen LogP contribution in [0.5, 0.6) is 0 Å². The maximum atomic E-state index is 13.9. The second-order valence-corrected chi connectivity index (χ2v) is 12.0. The molecular weight excluding hydrogens is 316 g/mol. The number of rotatable bonds is 11. The van der Waals surface area contributed by atoms with Crippen molar-refractivity contribution < 1.29 is 8.42 Å². The van der Waals surface area contributed by atoms with E-state index in [2.05, 4.69) is 41.5 Å². The molecule has 2 aliphatic carbocycles. The summed E-state index contributed by atoms with van der Waals surface area (Å²) in [6.45, 7) is 13.2. The average molecular weight is 357 g/mol. The summed E-state index contributed by atoms with van der Waals surface area (Å²) in [6.07, 6.45) is 11.5. The van der Waals surface area contributed by atoms with Crippen LogP contribution >= 0.6 is 0 Å². The Hall–Kier alpha value is -0.0500. The Morgan fingerprint density at radius 1 is 0.792 bits per heavy atom. The van der Waals surface area contributed by atoms with E-state index in [0.717, 1.165) is 44.9 Å². The van der Waals surface area contributed by atoms with E-state index < -0.39 is 19.3 Å². The lowest BCUT2D eigenvalue weighted by molar-refractivity contribution is 0.233. The molecule has 2 saturated carbocycles. The van der Waals surface area contributed by atoms with Crippen molar-refractivity contribution >= 4 is 9.84 Å². The topological polar surface area (TPSA) is 34.1 Å². The lowest BCUT2D eigenvalue weighted by atomic mass is 9.77. The van der Waals surface area contributed by atoms with Gasteiger partial charge in [-0.3, -0.25) is 0 Å². The first-order valence-corrected chi connectivity index (χ1v) is 11.8. The molecular formula is C21H40O2S. The third kappa shape index (κ3) is 2.77. The minimum atomic E-state index is -3.10. The largest absolute Gasteiger partial charge is 0.228 e. The van der Waals surface area contributed by atoms with E-state index in [0.29, 0.717) is 0 Å². The van der Waals surface area contributed by atoms with Crippen LogP contribution in [0.2, 0.25) is 0 Å². The van der Waals surface area contributed by atoms with Crippen molar-refractivity contribution in [2.24, 2.45) is 10.8 Å². The molecule has 0 aromatic rings. The van der Waals surface area contributed by atoms with Crippen molar-refractivity contribution in [2.75, 3.05) is 0 Å². The standard InChI is InChI=1S/C21H40O2S/c1-7-10-11-12-13-19(6,9-3)21(16-17-21)24(22,23)20(14-15-20)18(4,5)8-2/h7-17H2,1-6H3. The summed E-state index contributed by atoms with van der Waals surface area (Å²) in [4.78, 5) is 0. The summed E-state index contributed by atoms with van der Waals surface area (Å²) in [5, 5.41) is 0. The summed E-state index contributed by atoms with van der Waals surface area (Å²) in [5.74, 6) is 0. The highest BCUT2D eigenvalue weighted by atomic mass is 32.2. The molecule has 2 nitrogen and oxygen atoms in total. The van der Waals surface area contributed by atoms with Crippen LogP contribution in [0.15, 0.2) is 0 Å². The second kappa shape index (κ2) is 6.59. The van der Waals surface area contributed by atoms with E-state index in [1.165, 1.54) is 25.7 Å². The van der Waals surface area contributed by atoms with Gasteiger partial charge in [-0.25, -0.2) is 8.42 Å². The van der Waals surface area contributed by atoms with Gasteiger partial charge in [0, 0.05) is 0 Å². The van der Waals surface area contributed by atoms with E-state index in [4.69, 9.17) is 0 Å². The lowest BCUT2D eigenvalue weighted by Gasteiger charge is -2.43. The normalized spacial score (nSPS) is 24.4.